The van der Waals surface area contributed by atoms with E-state index in [1.54, 1.807) is 0 Å². The van der Waals surface area contributed by atoms with E-state index in [-0.39, 0.29) is 6.04 Å². The van der Waals surface area contributed by atoms with E-state index in [4.69, 9.17) is 0 Å². The molecule has 0 saturated carbocycles. The van der Waals surface area contributed by atoms with Gasteiger partial charge in [-0.15, -0.1) is 0 Å². The quantitative estimate of drug-likeness (QED) is 0.715. The number of amides is 1. The second-order valence-electron chi connectivity index (χ2n) is 5.91. The van der Waals surface area contributed by atoms with Gasteiger partial charge in [0.25, 0.3) is 0 Å². The number of rotatable bonds is 6. The summed E-state index contributed by atoms with van der Waals surface area (Å²) >= 11 is 0. The summed E-state index contributed by atoms with van der Waals surface area (Å²) < 4.78 is 0. The van der Waals surface area contributed by atoms with Gasteiger partial charge < -0.3 is 9.80 Å². The minimum Gasteiger partial charge on any atom is -0.344 e. The molecule has 18 heavy (non-hydrogen) atoms. The number of carbonyl (C=O) groups excluding carboxylic acids is 1. The number of likely N-dealkylation sites (tertiary alicyclic amines) is 1. The van der Waals surface area contributed by atoms with Crippen LogP contribution < -0.4 is 0 Å². The molecule has 0 aliphatic carbocycles. The molecule has 1 aliphatic rings. The first-order chi connectivity index (χ1) is 8.43. The number of hydrogen-bond donors (Lipinski definition) is 0. The van der Waals surface area contributed by atoms with Crippen molar-refractivity contribution in [3.05, 3.63) is 0 Å². The number of carbonyl (C=O) groups is 1. The zero-order chi connectivity index (χ0) is 13.7. The lowest BCUT2D eigenvalue weighted by molar-refractivity contribution is -0.135. The normalized spacial score (nSPS) is 20.9. The highest BCUT2D eigenvalue weighted by Crippen LogP contribution is 2.21. The molecule has 1 unspecified atom stereocenters. The average molecular weight is 255 g/mol. The van der Waals surface area contributed by atoms with Crippen LogP contribution in [0, 0.1) is 0 Å². The van der Waals surface area contributed by atoms with E-state index in [0.29, 0.717) is 11.9 Å². The fourth-order valence-corrected chi connectivity index (χ4v) is 2.66. The second kappa shape index (κ2) is 7.10. The predicted molar refractivity (Wildman–Crippen MR) is 75.7 cm³/mol. The molecule has 1 atom stereocenters. The maximum Gasteiger partial charge on any atom is 0.239 e. The van der Waals surface area contributed by atoms with E-state index in [2.05, 4.69) is 37.7 Å². The molecule has 1 aliphatic heterocycles. The van der Waals surface area contributed by atoms with Crippen molar-refractivity contribution in [2.45, 2.75) is 45.2 Å². The molecule has 4 nitrogen and oxygen atoms in total. The zero-order valence-electron chi connectivity index (χ0n) is 12.6. The monoisotopic (exact) mass is 255 g/mol. The highest BCUT2D eigenvalue weighted by atomic mass is 16.2. The molecule has 4 heteroatoms. The van der Waals surface area contributed by atoms with E-state index >= 15 is 0 Å². The maximum absolute atomic E-state index is 12.4. The average Bonchev–Trinajstić information content (AvgIpc) is 2.76. The van der Waals surface area contributed by atoms with Gasteiger partial charge >= 0.3 is 0 Å². The molecule has 0 aromatic rings. The van der Waals surface area contributed by atoms with E-state index in [0.717, 1.165) is 38.9 Å². The molecular formula is C14H29N3O. The van der Waals surface area contributed by atoms with Crippen LogP contribution in [0.1, 0.15) is 33.1 Å². The Labute approximate surface area is 112 Å². The summed E-state index contributed by atoms with van der Waals surface area (Å²) in [5.74, 6) is 0.306. The van der Waals surface area contributed by atoms with Gasteiger partial charge in [0.05, 0.1) is 6.04 Å². The van der Waals surface area contributed by atoms with Crippen LogP contribution in [0.25, 0.3) is 0 Å². The Morgan fingerprint density at radius 1 is 1.28 bits per heavy atom. The third-order valence-corrected chi connectivity index (χ3v) is 3.72. The summed E-state index contributed by atoms with van der Waals surface area (Å²) in [5.41, 5.74) is 0. The van der Waals surface area contributed by atoms with Crippen molar-refractivity contribution < 1.29 is 4.79 Å². The van der Waals surface area contributed by atoms with Crippen LogP contribution >= 0.6 is 0 Å². The van der Waals surface area contributed by atoms with Gasteiger partial charge in [0.2, 0.25) is 5.91 Å². The molecular weight excluding hydrogens is 226 g/mol. The molecule has 1 amide bonds. The summed E-state index contributed by atoms with van der Waals surface area (Å²) in [5, 5.41) is 0. The first kappa shape index (κ1) is 15.4. The van der Waals surface area contributed by atoms with Crippen LogP contribution in [-0.4, -0.2) is 73.5 Å². The van der Waals surface area contributed by atoms with E-state index < -0.39 is 0 Å². The smallest absolute Gasteiger partial charge is 0.239 e. The minimum atomic E-state index is 0.120. The lowest BCUT2D eigenvalue weighted by atomic mass is 10.1. The van der Waals surface area contributed by atoms with Crippen LogP contribution in [-0.2, 0) is 4.79 Å². The van der Waals surface area contributed by atoms with E-state index in [1.165, 1.54) is 0 Å². The lowest BCUT2D eigenvalue weighted by Gasteiger charge is -2.30. The fourth-order valence-electron chi connectivity index (χ4n) is 2.66. The van der Waals surface area contributed by atoms with Crippen LogP contribution in [0.5, 0.6) is 0 Å². The van der Waals surface area contributed by atoms with Crippen molar-refractivity contribution in [1.82, 2.24) is 14.7 Å². The third kappa shape index (κ3) is 4.25. The highest BCUT2D eigenvalue weighted by molar-refractivity contribution is 5.82. The summed E-state index contributed by atoms with van der Waals surface area (Å²) in [7, 11) is 6.08. The van der Waals surface area contributed by atoms with Crippen LogP contribution in [0.2, 0.25) is 0 Å². The third-order valence-electron chi connectivity index (χ3n) is 3.72. The van der Waals surface area contributed by atoms with Crippen LogP contribution in [0.4, 0.5) is 0 Å². The van der Waals surface area contributed by atoms with E-state index in [9.17, 15) is 4.79 Å². The molecule has 0 aromatic heterocycles. The molecule has 1 heterocycles. The Hall–Kier alpha value is -0.610. The van der Waals surface area contributed by atoms with Crippen molar-refractivity contribution in [3.8, 4) is 0 Å². The predicted octanol–water partition coefficient (Wildman–Crippen LogP) is 1.27. The Morgan fingerprint density at radius 2 is 1.94 bits per heavy atom. The van der Waals surface area contributed by atoms with Crippen LogP contribution in [0.3, 0.4) is 0 Å². The van der Waals surface area contributed by atoms with Crippen molar-refractivity contribution >= 4 is 5.91 Å². The Kier molecular flexibility index (Phi) is 6.09. The molecule has 1 saturated heterocycles. The van der Waals surface area contributed by atoms with Gasteiger partial charge in [0.15, 0.2) is 0 Å². The molecule has 0 radical (unpaired) electrons. The summed E-state index contributed by atoms with van der Waals surface area (Å²) in [6, 6.07) is 0.589. The topological polar surface area (TPSA) is 26.8 Å². The van der Waals surface area contributed by atoms with Gasteiger partial charge in [-0.05, 0) is 60.3 Å². The van der Waals surface area contributed by atoms with Gasteiger partial charge in [0.1, 0.15) is 0 Å². The first-order valence-corrected chi connectivity index (χ1v) is 7.09. The lowest BCUT2D eigenvalue weighted by Crippen LogP contribution is -2.47. The highest BCUT2D eigenvalue weighted by Gasteiger charge is 2.33. The first-order valence-electron chi connectivity index (χ1n) is 7.09. The van der Waals surface area contributed by atoms with Crippen molar-refractivity contribution in [1.29, 1.82) is 0 Å². The molecule has 0 bridgehead atoms. The molecule has 0 spiro atoms. The van der Waals surface area contributed by atoms with E-state index in [1.807, 2.05) is 11.9 Å². The molecule has 1 rings (SSSR count). The minimum absolute atomic E-state index is 0.120. The van der Waals surface area contributed by atoms with Gasteiger partial charge in [-0.1, -0.05) is 0 Å². The number of likely N-dealkylation sites (N-methyl/N-ethyl adjacent to an activating group) is 1. The summed E-state index contributed by atoms with van der Waals surface area (Å²) in [4.78, 5) is 18.8. The molecule has 0 N–H and O–H groups in total. The standard InChI is InChI=1S/C14H29N3O/c1-12(2)17-11-6-8-13(17)14(18)16(5)10-7-9-15(3)4/h12-13H,6-11H2,1-5H3. The SMILES string of the molecule is CC(C)N1CCCC1C(=O)N(C)CCCN(C)C. The van der Waals surface area contributed by atoms with Crippen molar-refractivity contribution in [2.24, 2.45) is 0 Å². The van der Waals surface area contributed by atoms with Gasteiger partial charge in [-0.25, -0.2) is 0 Å². The summed E-state index contributed by atoms with van der Waals surface area (Å²) in [6.07, 6.45) is 3.22. The molecule has 1 fully saturated rings. The Morgan fingerprint density at radius 3 is 2.50 bits per heavy atom. The Balaban J connectivity index is 2.42. The van der Waals surface area contributed by atoms with Gasteiger partial charge in [0, 0.05) is 19.6 Å². The largest absolute Gasteiger partial charge is 0.344 e. The summed E-state index contributed by atoms with van der Waals surface area (Å²) in [6.45, 7) is 7.32. The molecule has 0 aromatic carbocycles. The van der Waals surface area contributed by atoms with Crippen LogP contribution in [0.15, 0.2) is 0 Å². The maximum atomic E-state index is 12.4. The van der Waals surface area contributed by atoms with Crippen molar-refractivity contribution in [3.63, 3.8) is 0 Å². The number of nitrogens with zero attached hydrogens (tertiary/aromatic N) is 3. The Bertz CT molecular complexity index is 266. The van der Waals surface area contributed by atoms with Gasteiger partial charge in [-0.2, -0.15) is 0 Å². The fraction of sp³-hybridized carbons (Fsp3) is 0.929. The van der Waals surface area contributed by atoms with Gasteiger partial charge in [-0.3, -0.25) is 9.69 Å². The van der Waals surface area contributed by atoms with Crippen molar-refractivity contribution in [2.75, 3.05) is 40.8 Å². The molecule has 106 valence electrons. The second-order valence-corrected chi connectivity index (χ2v) is 5.91. The number of hydrogen-bond acceptors (Lipinski definition) is 3. The zero-order valence-corrected chi connectivity index (χ0v) is 12.6.